The van der Waals surface area contributed by atoms with Crippen LogP contribution in [0.1, 0.15) is 89.2 Å². The van der Waals surface area contributed by atoms with Crippen molar-refractivity contribution >= 4 is 52.8 Å². The summed E-state index contributed by atoms with van der Waals surface area (Å²) >= 11 is 4.32. The molecule has 0 saturated carbocycles. The average molecular weight is 769 g/mol. The van der Waals surface area contributed by atoms with Crippen molar-refractivity contribution in [2.24, 2.45) is 0 Å². The first-order valence-electron chi connectivity index (χ1n) is 19.0. The number of aryl methyl sites for hydroxylation is 2. The van der Waals surface area contributed by atoms with Crippen LogP contribution in [0, 0.1) is 23.3 Å². The summed E-state index contributed by atoms with van der Waals surface area (Å²) in [6.07, 6.45) is 14.1. The maximum absolute atomic E-state index is 15.7. The Bertz CT molecular complexity index is 2150. The van der Waals surface area contributed by atoms with Crippen molar-refractivity contribution in [2.75, 3.05) is 0 Å². The highest BCUT2D eigenvalue weighted by Gasteiger charge is 2.22. The summed E-state index contributed by atoms with van der Waals surface area (Å²) in [5.41, 5.74) is 4.65. The topological polar surface area (TPSA) is 0 Å². The van der Waals surface area contributed by atoms with E-state index in [-0.39, 0.29) is 22.3 Å². The molecule has 3 heterocycles. The maximum atomic E-state index is 15.7. The van der Waals surface area contributed by atoms with Gasteiger partial charge in [0.25, 0.3) is 0 Å². The zero-order chi connectivity index (χ0) is 36.9. The Morgan fingerprint density at radius 2 is 0.755 bits per heavy atom. The van der Waals surface area contributed by atoms with Gasteiger partial charge in [0.2, 0.25) is 0 Å². The number of fused-ring (bicyclic) bond motifs is 3. The Morgan fingerprint density at radius 3 is 1.15 bits per heavy atom. The molecule has 0 radical (unpaired) electrons. The molecule has 0 aliphatic heterocycles. The smallest absolute Gasteiger partial charge is 0.168 e. The molecule has 0 fully saturated rings. The highest BCUT2D eigenvalue weighted by molar-refractivity contribution is 7.40. The number of thiophene rings is 3. The molecule has 0 N–H and O–H groups in total. The predicted molar refractivity (Wildman–Crippen MR) is 222 cm³/mol. The summed E-state index contributed by atoms with van der Waals surface area (Å²) in [7, 11) is 0. The van der Waals surface area contributed by atoms with Gasteiger partial charge in [-0.05, 0) is 72.2 Å². The third-order valence-corrected chi connectivity index (χ3v) is 14.0. The van der Waals surface area contributed by atoms with Gasteiger partial charge in [0.05, 0.1) is 9.40 Å². The first kappa shape index (κ1) is 37.5. The van der Waals surface area contributed by atoms with Crippen LogP contribution < -0.4 is 0 Å². The van der Waals surface area contributed by atoms with E-state index in [1.54, 1.807) is 24.3 Å². The summed E-state index contributed by atoms with van der Waals surface area (Å²) in [5.74, 6) is -3.45. The van der Waals surface area contributed by atoms with Gasteiger partial charge in [0.1, 0.15) is 0 Å². The minimum atomic E-state index is -0.866. The first-order chi connectivity index (χ1) is 25.9. The van der Waals surface area contributed by atoms with Gasteiger partial charge in [-0.3, -0.25) is 0 Å². The minimum Gasteiger partial charge on any atom is -0.203 e. The number of benzene rings is 4. The quantitative estimate of drug-likeness (QED) is 0.0678. The van der Waals surface area contributed by atoms with E-state index in [0.717, 1.165) is 44.5 Å². The molecular formula is C46H44F4S3. The van der Waals surface area contributed by atoms with Crippen molar-refractivity contribution in [1.29, 1.82) is 0 Å². The number of unbranched alkanes of at least 4 members (excludes halogenated alkanes) is 8. The van der Waals surface area contributed by atoms with Gasteiger partial charge in [0.15, 0.2) is 23.3 Å². The predicted octanol–water partition coefficient (Wildman–Crippen LogP) is 16.4. The summed E-state index contributed by atoms with van der Waals surface area (Å²) < 4.78 is 66.2. The van der Waals surface area contributed by atoms with Crippen molar-refractivity contribution in [3.05, 3.63) is 119 Å². The zero-order valence-corrected chi connectivity index (χ0v) is 32.8. The van der Waals surface area contributed by atoms with Gasteiger partial charge < -0.3 is 0 Å². The third-order valence-electron chi connectivity index (χ3n) is 10.2. The lowest BCUT2D eigenvalue weighted by atomic mass is 9.99. The summed E-state index contributed by atoms with van der Waals surface area (Å²) in [5, 5.41) is 0. The molecule has 7 aromatic rings. The van der Waals surface area contributed by atoms with E-state index in [4.69, 9.17) is 0 Å². The molecule has 7 heteroatoms. The van der Waals surface area contributed by atoms with Crippen molar-refractivity contribution < 1.29 is 17.6 Å². The molecule has 0 unspecified atom stereocenters. The minimum absolute atomic E-state index is 0.219. The molecule has 0 bridgehead atoms. The lowest BCUT2D eigenvalue weighted by Crippen LogP contribution is -1.93. The molecule has 0 saturated heterocycles. The van der Waals surface area contributed by atoms with Crippen molar-refractivity contribution in [2.45, 2.75) is 90.9 Å². The SMILES string of the molecule is CCCCCCCc1ccc(-c2ccc(-c3cc4sc5cc(-c6ccc(-c7ccc(CCCCCCC)cc7)c(F)c6F)sc5c4s3)c(F)c2F)cc1. The molecule has 0 atom stereocenters. The van der Waals surface area contributed by atoms with E-state index in [2.05, 4.69) is 13.8 Å². The fraction of sp³-hybridized carbons (Fsp3) is 0.304. The second kappa shape index (κ2) is 17.1. The Labute approximate surface area is 322 Å². The van der Waals surface area contributed by atoms with E-state index >= 15 is 17.6 Å². The monoisotopic (exact) mass is 768 g/mol. The Hall–Kier alpha value is -3.78. The fourth-order valence-electron chi connectivity index (χ4n) is 7.09. The molecule has 274 valence electrons. The largest absolute Gasteiger partial charge is 0.203 e. The van der Waals surface area contributed by atoms with Crippen LogP contribution >= 0.6 is 34.0 Å². The Kier molecular flexibility index (Phi) is 12.1. The van der Waals surface area contributed by atoms with Crippen LogP contribution in [-0.4, -0.2) is 0 Å². The van der Waals surface area contributed by atoms with Gasteiger partial charge in [-0.1, -0.05) is 126 Å². The van der Waals surface area contributed by atoms with Crippen LogP contribution in [0.25, 0.3) is 61.9 Å². The fourth-order valence-corrected chi connectivity index (χ4v) is 11.2. The molecule has 0 aliphatic carbocycles. The van der Waals surface area contributed by atoms with Gasteiger partial charge in [-0.2, -0.15) is 0 Å². The lowest BCUT2D eigenvalue weighted by molar-refractivity contribution is 0.514. The summed E-state index contributed by atoms with van der Waals surface area (Å²) in [6, 6.07) is 26.0. The molecule has 0 aliphatic rings. The Balaban J connectivity index is 1.08. The molecule has 3 aromatic heterocycles. The molecule has 0 nitrogen and oxygen atoms in total. The number of rotatable bonds is 16. The van der Waals surface area contributed by atoms with Gasteiger partial charge in [0, 0.05) is 41.4 Å². The van der Waals surface area contributed by atoms with E-state index in [1.165, 1.54) is 96.5 Å². The van der Waals surface area contributed by atoms with Gasteiger partial charge >= 0.3 is 0 Å². The lowest BCUT2D eigenvalue weighted by Gasteiger charge is -2.09. The number of hydrogen-bond donors (Lipinski definition) is 0. The zero-order valence-electron chi connectivity index (χ0n) is 30.3. The van der Waals surface area contributed by atoms with E-state index in [0.29, 0.717) is 20.9 Å². The first-order valence-corrected chi connectivity index (χ1v) is 21.4. The molecule has 0 amide bonds. The molecule has 4 aromatic carbocycles. The molecule has 53 heavy (non-hydrogen) atoms. The summed E-state index contributed by atoms with van der Waals surface area (Å²) in [6.45, 7) is 4.42. The van der Waals surface area contributed by atoms with E-state index in [1.807, 2.05) is 60.7 Å². The standard InChI is InChI=1S/C46H44F4S3/c1-3-5-7-9-11-13-29-15-19-31(20-16-29)33-23-25-35(43(49)41(33)47)37-27-39-45(52-37)46-40(51-39)28-38(53-46)36-26-24-34(42(48)44(36)50)32-21-17-30(18-22-32)14-12-10-8-6-4-2/h15-28H,3-14H2,1-2H3. The van der Waals surface area contributed by atoms with Crippen molar-refractivity contribution in [1.82, 2.24) is 0 Å². The normalized spacial score (nSPS) is 11.7. The average Bonchev–Trinajstić information content (AvgIpc) is 3.86. The van der Waals surface area contributed by atoms with E-state index in [9.17, 15) is 0 Å². The molecule has 0 spiro atoms. The summed E-state index contributed by atoms with van der Waals surface area (Å²) in [4.78, 5) is 1.27. The number of hydrogen-bond acceptors (Lipinski definition) is 3. The number of halogens is 4. The van der Waals surface area contributed by atoms with Crippen molar-refractivity contribution in [3.8, 4) is 43.1 Å². The van der Waals surface area contributed by atoms with Gasteiger partial charge in [-0.15, -0.1) is 34.0 Å². The third kappa shape index (κ3) is 8.18. The highest BCUT2D eigenvalue weighted by atomic mass is 32.1. The van der Waals surface area contributed by atoms with Gasteiger partial charge in [-0.25, -0.2) is 17.6 Å². The van der Waals surface area contributed by atoms with Crippen LogP contribution in [0.2, 0.25) is 0 Å². The Morgan fingerprint density at radius 1 is 0.396 bits per heavy atom. The highest BCUT2D eigenvalue weighted by Crippen LogP contribution is 2.49. The van der Waals surface area contributed by atoms with Crippen molar-refractivity contribution in [3.63, 3.8) is 0 Å². The molecular weight excluding hydrogens is 725 g/mol. The van der Waals surface area contributed by atoms with Crippen LogP contribution in [0.3, 0.4) is 0 Å². The molecule has 7 rings (SSSR count). The second-order valence-corrected chi connectivity index (χ2v) is 17.2. The van der Waals surface area contributed by atoms with E-state index < -0.39 is 23.3 Å². The van der Waals surface area contributed by atoms with Crippen LogP contribution in [0.5, 0.6) is 0 Å². The second-order valence-electron chi connectivity index (χ2n) is 14.0. The van der Waals surface area contributed by atoms with Crippen LogP contribution in [0.15, 0.2) is 84.9 Å². The van der Waals surface area contributed by atoms with Crippen LogP contribution in [-0.2, 0) is 12.8 Å². The maximum Gasteiger partial charge on any atom is 0.168 e. The van der Waals surface area contributed by atoms with Crippen LogP contribution in [0.4, 0.5) is 17.6 Å².